The van der Waals surface area contributed by atoms with Crippen molar-refractivity contribution in [2.45, 2.75) is 12.2 Å². The quantitative estimate of drug-likeness (QED) is 0.475. The molecule has 1 heterocycles. The van der Waals surface area contributed by atoms with Crippen molar-refractivity contribution in [3.63, 3.8) is 0 Å². The number of hydrogen-bond donors (Lipinski definition) is 2. The topological polar surface area (TPSA) is 61.9 Å². The zero-order valence-electron chi connectivity index (χ0n) is 5.42. The molecule has 1 aliphatic heterocycles. The Bertz CT molecular complexity index is 233. The summed E-state index contributed by atoms with van der Waals surface area (Å²) >= 11 is 0. The highest BCUT2D eigenvalue weighted by molar-refractivity contribution is 6.04. The minimum atomic E-state index is -0.387. The molecule has 54 valence electrons. The average molecular weight is 141 g/mol. The molecule has 0 aromatic heterocycles. The Morgan fingerprint density at radius 2 is 2.30 bits per heavy atom. The summed E-state index contributed by atoms with van der Waals surface area (Å²) in [7, 11) is 1.61. The SMILES string of the molecule is CNC1=C(O)C2OC2C1=O. The molecule has 2 N–H and O–H groups in total. The number of ether oxygens (including phenoxy) is 1. The number of nitrogens with one attached hydrogen (secondary N) is 1. The monoisotopic (exact) mass is 141 g/mol. The first-order valence-corrected chi connectivity index (χ1v) is 3.06. The maximum Gasteiger partial charge on any atom is 0.214 e. The summed E-state index contributed by atoms with van der Waals surface area (Å²) in [6.45, 7) is 0. The predicted octanol–water partition coefficient (Wildman–Crippen LogP) is -0.675. The van der Waals surface area contributed by atoms with Crippen molar-refractivity contribution < 1.29 is 14.6 Å². The van der Waals surface area contributed by atoms with Crippen molar-refractivity contribution in [3.8, 4) is 0 Å². The van der Waals surface area contributed by atoms with E-state index < -0.39 is 0 Å². The Kier molecular flexibility index (Phi) is 0.870. The van der Waals surface area contributed by atoms with Gasteiger partial charge in [0.05, 0.1) is 0 Å². The van der Waals surface area contributed by atoms with E-state index in [9.17, 15) is 4.79 Å². The van der Waals surface area contributed by atoms with E-state index in [2.05, 4.69) is 5.32 Å². The van der Waals surface area contributed by atoms with Gasteiger partial charge in [0.2, 0.25) is 5.78 Å². The number of hydrogen-bond acceptors (Lipinski definition) is 4. The van der Waals surface area contributed by atoms with Gasteiger partial charge < -0.3 is 15.2 Å². The number of carbonyl (C=O) groups is 1. The van der Waals surface area contributed by atoms with Gasteiger partial charge in [0.25, 0.3) is 0 Å². The summed E-state index contributed by atoms with van der Waals surface area (Å²) in [5.41, 5.74) is 0.307. The maximum absolute atomic E-state index is 11.0. The largest absolute Gasteiger partial charge is 0.507 e. The molecule has 0 aromatic rings. The van der Waals surface area contributed by atoms with Gasteiger partial charge in [-0.1, -0.05) is 0 Å². The van der Waals surface area contributed by atoms with E-state index in [-0.39, 0.29) is 23.8 Å². The standard InChI is InChI=1S/C6H7NO3/c1-7-2-3(8)5-6(10-5)4(2)9/h5-8H,1H3. The van der Waals surface area contributed by atoms with E-state index in [0.29, 0.717) is 5.70 Å². The van der Waals surface area contributed by atoms with Gasteiger partial charge in [-0.3, -0.25) is 4.79 Å². The molecule has 10 heavy (non-hydrogen) atoms. The molecule has 1 fully saturated rings. The highest BCUT2D eigenvalue weighted by Crippen LogP contribution is 2.37. The van der Waals surface area contributed by atoms with E-state index in [4.69, 9.17) is 9.84 Å². The van der Waals surface area contributed by atoms with Gasteiger partial charge in [0.15, 0.2) is 18.0 Å². The molecule has 0 amide bonds. The summed E-state index contributed by atoms with van der Waals surface area (Å²) in [6.07, 6.45) is -0.725. The Labute approximate surface area is 57.5 Å². The summed E-state index contributed by atoms with van der Waals surface area (Å²) < 4.78 is 4.81. The summed E-state index contributed by atoms with van der Waals surface area (Å²) in [5.74, 6) is -0.0810. The van der Waals surface area contributed by atoms with E-state index >= 15 is 0 Å². The van der Waals surface area contributed by atoms with Crippen LogP contribution in [-0.4, -0.2) is 30.1 Å². The van der Waals surface area contributed by atoms with Gasteiger partial charge in [-0.15, -0.1) is 0 Å². The van der Waals surface area contributed by atoms with Gasteiger partial charge in [0, 0.05) is 7.05 Å². The van der Waals surface area contributed by atoms with E-state index in [0.717, 1.165) is 0 Å². The minimum absolute atomic E-state index is 0.0532. The van der Waals surface area contributed by atoms with Crippen LogP contribution in [0.3, 0.4) is 0 Å². The molecule has 1 saturated heterocycles. The van der Waals surface area contributed by atoms with Crippen LogP contribution in [0.15, 0.2) is 11.5 Å². The smallest absolute Gasteiger partial charge is 0.214 e. The summed E-state index contributed by atoms with van der Waals surface area (Å²) in [6, 6.07) is 0. The van der Waals surface area contributed by atoms with Crippen LogP contribution < -0.4 is 5.32 Å². The molecule has 0 bridgehead atoms. The number of fused-ring (bicyclic) bond motifs is 1. The second kappa shape index (κ2) is 1.52. The van der Waals surface area contributed by atoms with Crippen LogP contribution in [0.1, 0.15) is 0 Å². The third-order valence-corrected chi connectivity index (χ3v) is 1.77. The third-order valence-electron chi connectivity index (χ3n) is 1.77. The molecule has 0 radical (unpaired) electrons. The number of epoxide rings is 1. The first-order chi connectivity index (χ1) is 4.75. The fourth-order valence-corrected chi connectivity index (χ4v) is 1.18. The molecule has 4 nitrogen and oxygen atoms in total. The van der Waals surface area contributed by atoms with Crippen LogP contribution in [0.4, 0.5) is 0 Å². The van der Waals surface area contributed by atoms with Crippen molar-refractivity contribution in [3.05, 3.63) is 11.5 Å². The average Bonchev–Trinajstić information content (AvgIpc) is 2.62. The fraction of sp³-hybridized carbons (Fsp3) is 0.500. The first kappa shape index (κ1) is 5.73. The van der Waals surface area contributed by atoms with Crippen molar-refractivity contribution in [1.29, 1.82) is 0 Å². The number of likely N-dealkylation sites (N-methyl/N-ethyl adjacent to an activating group) is 1. The fourth-order valence-electron chi connectivity index (χ4n) is 1.18. The number of aliphatic hydroxyl groups excluding tert-OH is 1. The number of ketones is 1. The zero-order chi connectivity index (χ0) is 7.30. The zero-order valence-corrected chi connectivity index (χ0v) is 5.42. The van der Waals surface area contributed by atoms with Crippen molar-refractivity contribution in [1.82, 2.24) is 5.32 Å². The molecule has 2 rings (SSSR count). The van der Waals surface area contributed by atoms with Crippen LogP contribution >= 0.6 is 0 Å². The highest BCUT2D eigenvalue weighted by atomic mass is 16.6. The molecular formula is C6H7NO3. The second-order valence-corrected chi connectivity index (χ2v) is 2.35. The van der Waals surface area contributed by atoms with Gasteiger partial charge in [-0.05, 0) is 0 Å². The lowest BCUT2D eigenvalue weighted by Crippen LogP contribution is -2.18. The van der Waals surface area contributed by atoms with Crippen LogP contribution in [0, 0.1) is 0 Å². The third kappa shape index (κ3) is 0.471. The van der Waals surface area contributed by atoms with Gasteiger partial charge in [-0.2, -0.15) is 0 Å². The first-order valence-electron chi connectivity index (χ1n) is 3.06. The van der Waals surface area contributed by atoms with Crippen LogP contribution in [0.5, 0.6) is 0 Å². The second-order valence-electron chi connectivity index (χ2n) is 2.35. The summed E-state index contributed by atoms with van der Waals surface area (Å²) in [5, 5.41) is 11.8. The highest BCUT2D eigenvalue weighted by Gasteiger charge is 2.56. The van der Waals surface area contributed by atoms with E-state index in [1.54, 1.807) is 7.05 Å². The molecule has 2 aliphatic rings. The molecule has 4 heteroatoms. The predicted molar refractivity (Wildman–Crippen MR) is 32.4 cm³/mol. The Balaban J connectivity index is 2.36. The molecule has 0 aromatic carbocycles. The van der Waals surface area contributed by atoms with Gasteiger partial charge in [-0.25, -0.2) is 0 Å². The molecule has 0 saturated carbocycles. The van der Waals surface area contributed by atoms with Crippen LogP contribution in [-0.2, 0) is 9.53 Å². The number of carbonyl (C=O) groups excluding carboxylic acids is 1. The number of aliphatic hydroxyl groups is 1. The summed E-state index contributed by atoms with van der Waals surface area (Å²) in [4.78, 5) is 11.0. The van der Waals surface area contributed by atoms with Crippen LogP contribution in [0.2, 0.25) is 0 Å². The maximum atomic E-state index is 11.0. The lowest BCUT2D eigenvalue weighted by Gasteiger charge is -2.00. The normalized spacial score (nSPS) is 36.3. The Hall–Kier alpha value is -1.03. The number of rotatable bonds is 1. The molecule has 1 aliphatic carbocycles. The minimum Gasteiger partial charge on any atom is -0.507 e. The Morgan fingerprint density at radius 1 is 1.60 bits per heavy atom. The number of Topliss-reactive ketones (excluding diaryl/α,β-unsaturated/α-hetero) is 1. The Morgan fingerprint density at radius 3 is 2.60 bits per heavy atom. The van der Waals surface area contributed by atoms with Gasteiger partial charge >= 0.3 is 0 Å². The van der Waals surface area contributed by atoms with Gasteiger partial charge in [0.1, 0.15) is 5.70 Å². The van der Waals surface area contributed by atoms with E-state index in [1.807, 2.05) is 0 Å². The van der Waals surface area contributed by atoms with Crippen LogP contribution in [0.25, 0.3) is 0 Å². The molecule has 2 unspecified atom stereocenters. The van der Waals surface area contributed by atoms with Crippen molar-refractivity contribution in [2.24, 2.45) is 0 Å². The molecular weight excluding hydrogens is 134 g/mol. The lowest BCUT2D eigenvalue weighted by molar-refractivity contribution is -0.117. The van der Waals surface area contributed by atoms with Crippen molar-refractivity contribution in [2.75, 3.05) is 7.05 Å². The molecule has 0 spiro atoms. The lowest BCUT2D eigenvalue weighted by atomic mass is 10.3. The molecule has 2 atom stereocenters. The van der Waals surface area contributed by atoms with E-state index in [1.165, 1.54) is 0 Å². The van der Waals surface area contributed by atoms with Crippen molar-refractivity contribution >= 4 is 5.78 Å².